The van der Waals surface area contributed by atoms with Crippen molar-refractivity contribution in [1.29, 1.82) is 0 Å². The molecule has 1 aliphatic rings. The first-order valence-corrected chi connectivity index (χ1v) is 7.64. The topological polar surface area (TPSA) is 26.3 Å². The molecule has 2 nitrogen and oxygen atoms in total. The van der Waals surface area contributed by atoms with Gasteiger partial charge in [0, 0.05) is 27.9 Å². The van der Waals surface area contributed by atoms with Crippen LogP contribution in [0.5, 0.6) is 0 Å². The van der Waals surface area contributed by atoms with Gasteiger partial charge < -0.3 is 4.74 Å². The molecule has 1 heterocycles. The average Bonchev–Trinajstić information content (AvgIpc) is 2.76. The molecule has 0 aliphatic heterocycles. The van der Waals surface area contributed by atoms with Gasteiger partial charge in [-0.15, -0.1) is 0 Å². The van der Waals surface area contributed by atoms with E-state index in [1.807, 2.05) is 10.8 Å². The van der Waals surface area contributed by atoms with Gasteiger partial charge in [0.05, 0.1) is 0 Å². The summed E-state index contributed by atoms with van der Waals surface area (Å²) in [6.07, 6.45) is 3.82. The van der Waals surface area contributed by atoms with Gasteiger partial charge in [0.25, 0.3) is 0 Å². The van der Waals surface area contributed by atoms with Crippen LogP contribution >= 0.6 is 27.3 Å². The van der Waals surface area contributed by atoms with Crippen LogP contribution in [0.2, 0.25) is 0 Å². The molecule has 0 spiro atoms. The van der Waals surface area contributed by atoms with E-state index in [-0.39, 0.29) is 5.78 Å². The van der Waals surface area contributed by atoms with E-state index in [1.165, 1.54) is 0 Å². The molecular formula is C13H17BrO2S. The molecule has 0 radical (unpaired) electrons. The van der Waals surface area contributed by atoms with Gasteiger partial charge in [-0.3, -0.25) is 4.79 Å². The van der Waals surface area contributed by atoms with Gasteiger partial charge in [0.15, 0.2) is 5.78 Å². The number of methoxy groups -OCH3 is 1. The second-order valence-electron chi connectivity index (χ2n) is 4.84. The quantitative estimate of drug-likeness (QED) is 0.778. The van der Waals surface area contributed by atoms with Crippen LogP contribution in [0.25, 0.3) is 0 Å². The molecule has 0 amide bonds. The highest BCUT2D eigenvalue weighted by atomic mass is 79.9. The van der Waals surface area contributed by atoms with E-state index in [2.05, 4.69) is 22.9 Å². The minimum atomic E-state index is -0.587. The fraction of sp³-hybridized carbons (Fsp3) is 0.615. The second-order valence-corrected chi connectivity index (χ2v) is 6.44. The van der Waals surface area contributed by atoms with Crippen LogP contribution in [0.3, 0.4) is 0 Å². The molecule has 0 aromatic carbocycles. The van der Waals surface area contributed by atoms with Crippen molar-refractivity contribution in [1.82, 2.24) is 0 Å². The van der Waals surface area contributed by atoms with Crippen molar-refractivity contribution in [3.05, 3.63) is 20.8 Å². The van der Waals surface area contributed by atoms with Crippen molar-refractivity contribution < 1.29 is 9.53 Å². The summed E-state index contributed by atoms with van der Waals surface area (Å²) >= 11 is 4.98. The van der Waals surface area contributed by atoms with E-state index in [0.717, 1.165) is 35.7 Å². The fourth-order valence-corrected chi connectivity index (χ4v) is 3.90. The number of carbonyl (C=O) groups is 1. The van der Waals surface area contributed by atoms with E-state index in [1.54, 1.807) is 18.4 Å². The Morgan fingerprint density at radius 1 is 1.47 bits per heavy atom. The SMILES string of the molecule is COC1(C(=O)c2cscc2Br)CCC(C)CC1. The first-order chi connectivity index (χ1) is 8.09. The van der Waals surface area contributed by atoms with Crippen LogP contribution in [-0.2, 0) is 4.74 Å². The van der Waals surface area contributed by atoms with Gasteiger partial charge in [-0.05, 0) is 47.5 Å². The molecule has 1 aromatic rings. The Morgan fingerprint density at radius 3 is 2.59 bits per heavy atom. The van der Waals surface area contributed by atoms with Gasteiger partial charge in [0.2, 0.25) is 0 Å². The van der Waals surface area contributed by atoms with Crippen molar-refractivity contribution in [2.45, 2.75) is 38.2 Å². The molecule has 94 valence electrons. The molecule has 1 aromatic heterocycles. The van der Waals surface area contributed by atoms with E-state index in [9.17, 15) is 4.79 Å². The standard InChI is InChI=1S/C13H17BrO2S/c1-9-3-5-13(16-2,6-4-9)12(15)10-7-17-8-11(10)14/h7-9H,3-6H2,1-2H3. The van der Waals surface area contributed by atoms with Gasteiger partial charge >= 0.3 is 0 Å². The second kappa shape index (κ2) is 5.21. The number of halogens is 1. The molecule has 0 N–H and O–H groups in total. The minimum Gasteiger partial charge on any atom is -0.370 e. The lowest BCUT2D eigenvalue weighted by molar-refractivity contribution is -0.0263. The molecule has 2 rings (SSSR count). The third-order valence-electron chi connectivity index (χ3n) is 3.75. The lowest BCUT2D eigenvalue weighted by Gasteiger charge is -2.36. The zero-order valence-electron chi connectivity index (χ0n) is 10.2. The number of hydrogen-bond donors (Lipinski definition) is 0. The lowest BCUT2D eigenvalue weighted by atomic mass is 9.76. The Hall–Kier alpha value is -0.190. The molecule has 0 atom stereocenters. The third-order valence-corrected chi connectivity index (χ3v) is 5.45. The predicted molar refractivity (Wildman–Crippen MR) is 73.7 cm³/mol. The average molecular weight is 317 g/mol. The van der Waals surface area contributed by atoms with Crippen molar-refractivity contribution in [2.24, 2.45) is 5.92 Å². The normalized spacial score (nSPS) is 29.2. The number of hydrogen-bond acceptors (Lipinski definition) is 3. The number of thiophene rings is 1. The fourth-order valence-electron chi connectivity index (χ4n) is 2.44. The van der Waals surface area contributed by atoms with Crippen molar-refractivity contribution in [2.75, 3.05) is 7.11 Å². The molecule has 1 aliphatic carbocycles. The van der Waals surface area contributed by atoms with Crippen LogP contribution in [0.4, 0.5) is 0 Å². The maximum atomic E-state index is 12.6. The van der Waals surface area contributed by atoms with Gasteiger partial charge in [-0.1, -0.05) is 6.92 Å². The number of rotatable bonds is 3. The van der Waals surface area contributed by atoms with E-state index < -0.39 is 5.60 Å². The Kier molecular flexibility index (Phi) is 4.06. The van der Waals surface area contributed by atoms with E-state index >= 15 is 0 Å². The molecule has 0 saturated heterocycles. The highest BCUT2D eigenvalue weighted by Gasteiger charge is 2.42. The summed E-state index contributed by atoms with van der Waals surface area (Å²) in [5.41, 5.74) is 0.183. The largest absolute Gasteiger partial charge is 0.370 e. The molecule has 4 heteroatoms. The number of Topliss-reactive ketones (excluding diaryl/α,β-unsaturated/α-hetero) is 1. The molecular weight excluding hydrogens is 300 g/mol. The maximum absolute atomic E-state index is 12.6. The zero-order chi connectivity index (χ0) is 12.5. The highest BCUT2D eigenvalue weighted by molar-refractivity contribution is 9.10. The summed E-state index contributed by atoms with van der Waals surface area (Å²) < 4.78 is 6.49. The molecule has 0 unspecified atom stereocenters. The van der Waals surface area contributed by atoms with Crippen LogP contribution < -0.4 is 0 Å². The first-order valence-electron chi connectivity index (χ1n) is 5.91. The summed E-state index contributed by atoms with van der Waals surface area (Å²) in [6, 6.07) is 0. The Morgan fingerprint density at radius 2 is 2.12 bits per heavy atom. The molecule has 0 bridgehead atoms. The maximum Gasteiger partial charge on any atom is 0.196 e. The third kappa shape index (κ3) is 2.49. The Bertz CT molecular complexity index is 405. The Labute approximate surface area is 114 Å². The van der Waals surface area contributed by atoms with Gasteiger partial charge in [-0.2, -0.15) is 11.3 Å². The van der Waals surface area contributed by atoms with Crippen molar-refractivity contribution >= 4 is 33.0 Å². The zero-order valence-corrected chi connectivity index (χ0v) is 12.6. The smallest absolute Gasteiger partial charge is 0.196 e. The van der Waals surface area contributed by atoms with Crippen molar-refractivity contribution in [3.8, 4) is 0 Å². The van der Waals surface area contributed by atoms with E-state index in [4.69, 9.17) is 4.74 Å². The van der Waals surface area contributed by atoms with Gasteiger partial charge in [0.1, 0.15) is 5.60 Å². The number of ether oxygens (including phenoxy) is 1. The number of ketones is 1. The van der Waals surface area contributed by atoms with Crippen LogP contribution in [0, 0.1) is 5.92 Å². The number of carbonyl (C=O) groups excluding carboxylic acids is 1. The molecule has 17 heavy (non-hydrogen) atoms. The van der Waals surface area contributed by atoms with Crippen molar-refractivity contribution in [3.63, 3.8) is 0 Å². The summed E-state index contributed by atoms with van der Waals surface area (Å²) in [4.78, 5) is 12.6. The summed E-state index contributed by atoms with van der Waals surface area (Å²) in [6.45, 7) is 2.24. The molecule has 1 fully saturated rings. The summed E-state index contributed by atoms with van der Waals surface area (Å²) in [5, 5.41) is 3.85. The first kappa shape index (κ1) is 13.2. The minimum absolute atomic E-state index is 0.139. The molecule has 1 saturated carbocycles. The van der Waals surface area contributed by atoms with Crippen LogP contribution in [0.1, 0.15) is 43.0 Å². The van der Waals surface area contributed by atoms with Gasteiger partial charge in [-0.25, -0.2) is 0 Å². The lowest BCUT2D eigenvalue weighted by Crippen LogP contribution is -2.43. The van der Waals surface area contributed by atoms with Crippen LogP contribution in [0.15, 0.2) is 15.2 Å². The predicted octanol–water partition coefficient (Wildman–Crippen LogP) is 4.29. The Balaban J connectivity index is 2.24. The monoisotopic (exact) mass is 316 g/mol. The summed E-state index contributed by atoms with van der Waals surface area (Å²) in [5.74, 6) is 0.844. The highest BCUT2D eigenvalue weighted by Crippen LogP contribution is 2.38. The van der Waals surface area contributed by atoms with E-state index in [0.29, 0.717) is 5.92 Å². The summed E-state index contributed by atoms with van der Waals surface area (Å²) in [7, 11) is 1.66. The van der Waals surface area contributed by atoms with Crippen LogP contribution in [-0.4, -0.2) is 18.5 Å².